The van der Waals surface area contributed by atoms with E-state index in [1.165, 1.54) is 11.0 Å². The standard InChI is InChI=1S/C19H21N3O5/c1-20(2)15-9-8-13(10-16(15)22(24)25)19(23)21(3)11-14-12-26-17-6-4-5-7-18(17)27-14/h4-10,14H,11-12H2,1-3H3. The third-order valence-corrected chi connectivity index (χ3v) is 4.29. The van der Waals surface area contributed by atoms with Crippen molar-refractivity contribution in [2.24, 2.45) is 0 Å². The fourth-order valence-corrected chi connectivity index (χ4v) is 2.94. The van der Waals surface area contributed by atoms with Gasteiger partial charge in [0.1, 0.15) is 12.3 Å². The molecule has 3 rings (SSSR count). The molecule has 1 aliphatic heterocycles. The lowest BCUT2D eigenvalue weighted by Crippen LogP contribution is -2.41. The summed E-state index contributed by atoms with van der Waals surface area (Å²) in [4.78, 5) is 26.7. The minimum absolute atomic E-state index is 0.106. The Hall–Kier alpha value is -3.29. The summed E-state index contributed by atoms with van der Waals surface area (Å²) in [5.41, 5.74) is 0.595. The van der Waals surface area contributed by atoms with Gasteiger partial charge < -0.3 is 19.3 Å². The average molecular weight is 371 g/mol. The van der Waals surface area contributed by atoms with Gasteiger partial charge in [-0.1, -0.05) is 12.1 Å². The van der Waals surface area contributed by atoms with Gasteiger partial charge in [-0.25, -0.2) is 0 Å². The predicted octanol–water partition coefficient (Wildman–Crippen LogP) is 2.57. The number of hydrogen-bond donors (Lipinski definition) is 0. The summed E-state index contributed by atoms with van der Waals surface area (Å²) in [6.07, 6.45) is -0.315. The summed E-state index contributed by atoms with van der Waals surface area (Å²) in [7, 11) is 5.07. The van der Waals surface area contributed by atoms with Crippen molar-refractivity contribution in [3.8, 4) is 11.5 Å². The number of benzene rings is 2. The number of rotatable bonds is 5. The second-order valence-electron chi connectivity index (χ2n) is 6.54. The molecule has 2 aromatic carbocycles. The third kappa shape index (κ3) is 3.94. The number of nitro groups is 1. The molecule has 0 radical (unpaired) electrons. The Balaban J connectivity index is 1.72. The molecule has 1 aliphatic rings. The highest BCUT2D eigenvalue weighted by atomic mass is 16.6. The van der Waals surface area contributed by atoms with Gasteiger partial charge in [-0.2, -0.15) is 0 Å². The highest BCUT2D eigenvalue weighted by Crippen LogP contribution is 2.31. The maximum absolute atomic E-state index is 12.7. The van der Waals surface area contributed by atoms with Gasteiger partial charge in [-0.15, -0.1) is 0 Å². The van der Waals surface area contributed by atoms with E-state index in [9.17, 15) is 14.9 Å². The first kappa shape index (κ1) is 18.5. The molecular weight excluding hydrogens is 350 g/mol. The summed E-state index contributed by atoms with van der Waals surface area (Å²) in [6.45, 7) is 0.630. The maximum Gasteiger partial charge on any atom is 0.293 e. The van der Waals surface area contributed by atoms with Crippen molar-refractivity contribution < 1.29 is 19.2 Å². The van der Waals surface area contributed by atoms with Crippen molar-refractivity contribution in [3.63, 3.8) is 0 Å². The SMILES string of the molecule is CN(CC1COc2ccccc2O1)C(=O)c1ccc(N(C)C)c([N+](=O)[O-])c1. The predicted molar refractivity (Wildman–Crippen MR) is 101 cm³/mol. The molecule has 1 amide bonds. The molecule has 1 heterocycles. The number of anilines is 1. The zero-order valence-corrected chi connectivity index (χ0v) is 15.4. The molecule has 0 aliphatic carbocycles. The first-order valence-corrected chi connectivity index (χ1v) is 8.46. The van der Waals surface area contributed by atoms with E-state index < -0.39 is 4.92 Å². The van der Waals surface area contributed by atoms with E-state index in [1.807, 2.05) is 24.3 Å². The van der Waals surface area contributed by atoms with Crippen LogP contribution in [0.4, 0.5) is 11.4 Å². The van der Waals surface area contributed by atoms with E-state index in [0.717, 1.165) is 0 Å². The molecule has 0 aromatic heterocycles. The van der Waals surface area contributed by atoms with Gasteiger partial charge in [-0.3, -0.25) is 14.9 Å². The summed E-state index contributed by atoms with van der Waals surface area (Å²) in [5, 5.41) is 11.3. The van der Waals surface area contributed by atoms with Crippen LogP contribution in [-0.2, 0) is 0 Å². The number of nitrogens with zero attached hydrogens (tertiary/aromatic N) is 3. The molecule has 0 spiro atoms. The van der Waals surface area contributed by atoms with Crippen molar-refractivity contribution in [3.05, 3.63) is 58.1 Å². The van der Waals surface area contributed by atoms with Crippen LogP contribution in [0.1, 0.15) is 10.4 Å². The van der Waals surface area contributed by atoms with Crippen LogP contribution in [0.15, 0.2) is 42.5 Å². The van der Waals surface area contributed by atoms with Gasteiger partial charge in [0.15, 0.2) is 17.6 Å². The van der Waals surface area contributed by atoms with Crippen molar-refractivity contribution >= 4 is 17.3 Å². The number of fused-ring (bicyclic) bond motifs is 1. The highest BCUT2D eigenvalue weighted by Gasteiger charge is 2.25. The zero-order valence-electron chi connectivity index (χ0n) is 15.4. The van der Waals surface area contributed by atoms with E-state index in [1.54, 1.807) is 38.2 Å². The summed E-state index contributed by atoms with van der Waals surface area (Å²) in [6, 6.07) is 11.8. The Morgan fingerprint density at radius 3 is 2.56 bits per heavy atom. The fourth-order valence-electron chi connectivity index (χ4n) is 2.94. The van der Waals surface area contributed by atoms with E-state index in [-0.39, 0.29) is 23.3 Å². The highest BCUT2D eigenvalue weighted by molar-refractivity contribution is 5.95. The second-order valence-corrected chi connectivity index (χ2v) is 6.54. The Morgan fingerprint density at radius 2 is 1.89 bits per heavy atom. The topological polar surface area (TPSA) is 85.2 Å². The van der Waals surface area contributed by atoms with Crippen molar-refractivity contribution in [1.82, 2.24) is 4.90 Å². The van der Waals surface area contributed by atoms with Crippen LogP contribution in [0, 0.1) is 10.1 Å². The molecule has 0 N–H and O–H groups in total. The molecule has 2 aromatic rings. The Kier molecular flexibility index (Phi) is 5.16. The van der Waals surface area contributed by atoms with Crippen LogP contribution in [0.3, 0.4) is 0 Å². The molecule has 0 saturated carbocycles. The number of ether oxygens (including phenoxy) is 2. The number of hydrogen-bond acceptors (Lipinski definition) is 6. The lowest BCUT2D eigenvalue weighted by molar-refractivity contribution is -0.384. The Labute approximate surface area is 157 Å². The van der Waals surface area contributed by atoms with Gasteiger partial charge >= 0.3 is 0 Å². The molecule has 0 bridgehead atoms. The van der Waals surface area contributed by atoms with Gasteiger partial charge in [0.2, 0.25) is 0 Å². The van der Waals surface area contributed by atoms with E-state index in [0.29, 0.717) is 30.3 Å². The van der Waals surface area contributed by atoms with Crippen molar-refractivity contribution in [2.45, 2.75) is 6.10 Å². The lowest BCUT2D eigenvalue weighted by Gasteiger charge is -2.29. The zero-order chi connectivity index (χ0) is 19.6. The van der Waals surface area contributed by atoms with E-state index in [2.05, 4.69) is 0 Å². The van der Waals surface area contributed by atoms with E-state index in [4.69, 9.17) is 9.47 Å². The minimum atomic E-state index is -0.485. The summed E-state index contributed by atoms with van der Waals surface area (Å²) in [5.74, 6) is 1.00. The van der Waals surface area contributed by atoms with Crippen LogP contribution in [0.25, 0.3) is 0 Å². The quantitative estimate of drug-likeness (QED) is 0.593. The fraction of sp³-hybridized carbons (Fsp3) is 0.316. The van der Waals surface area contributed by atoms with Gasteiger partial charge in [0.25, 0.3) is 11.6 Å². The van der Waals surface area contributed by atoms with Gasteiger partial charge in [0.05, 0.1) is 11.5 Å². The minimum Gasteiger partial charge on any atom is -0.486 e. The number of carbonyl (C=O) groups is 1. The largest absolute Gasteiger partial charge is 0.486 e. The first-order chi connectivity index (χ1) is 12.9. The van der Waals surface area contributed by atoms with Gasteiger partial charge in [-0.05, 0) is 24.3 Å². The molecule has 8 nitrogen and oxygen atoms in total. The van der Waals surface area contributed by atoms with Crippen LogP contribution < -0.4 is 14.4 Å². The molecule has 8 heteroatoms. The summed E-state index contributed by atoms with van der Waals surface area (Å²) < 4.78 is 11.5. The van der Waals surface area contributed by atoms with Crippen LogP contribution >= 0.6 is 0 Å². The number of nitro benzene ring substituents is 1. The summed E-state index contributed by atoms with van der Waals surface area (Å²) >= 11 is 0. The average Bonchev–Trinajstić information content (AvgIpc) is 2.66. The molecule has 0 fully saturated rings. The van der Waals surface area contributed by atoms with Gasteiger partial charge in [0, 0.05) is 32.8 Å². The number of amides is 1. The normalized spacial score (nSPS) is 15.1. The molecule has 1 unspecified atom stereocenters. The third-order valence-electron chi connectivity index (χ3n) is 4.29. The molecule has 1 atom stereocenters. The molecule has 142 valence electrons. The molecular formula is C19H21N3O5. The van der Waals surface area contributed by atoms with Crippen LogP contribution in [-0.4, -0.2) is 56.1 Å². The van der Waals surface area contributed by atoms with Crippen molar-refractivity contribution in [2.75, 3.05) is 39.2 Å². The van der Waals surface area contributed by atoms with Crippen LogP contribution in [0.2, 0.25) is 0 Å². The number of carbonyl (C=O) groups excluding carboxylic acids is 1. The maximum atomic E-state index is 12.7. The first-order valence-electron chi connectivity index (χ1n) is 8.46. The Bertz CT molecular complexity index is 868. The molecule has 27 heavy (non-hydrogen) atoms. The number of para-hydroxylation sites is 2. The lowest BCUT2D eigenvalue weighted by atomic mass is 10.1. The van der Waals surface area contributed by atoms with Crippen molar-refractivity contribution in [1.29, 1.82) is 0 Å². The Morgan fingerprint density at radius 1 is 1.19 bits per heavy atom. The smallest absolute Gasteiger partial charge is 0.293 e. The monoisotopic (exact) mass is 371 g/mol. The second kappa shape index (κ2) is 7.53. The van der Waals surface area contributed by atoms with E-state index >= 15 is 0 Å². The van der Waals surface area contributed by atoms with Crippen LogP contribution in [0.5, 0.6) is 11.5 Å². The number of likely N-dealkylation sites (N-methyl/N-ethyl adjacent to an activating group) is 1. The molecule has 0 saturated heterocycles.